The lowest BCUT2D eigenvalue weighted by molar-refractivity contribution is -0.232. The number of aromatic hydroxyl groups is 1. The van der Waals surface area contributed by atoms with Crippen LogP contribution in [0, 0.1) is 17.8 Å². The number of rotatable bonds is 15. The zero-order chi connectivity index (χ0) is 37.6. The van der Waals surface area contributed by atoms with Crippen LogP contribution in [0.3, 0.4) is 0 Å². The van der Waals surface area contributed by atoms with Gasteiger partial charge in [-0.15, -0.1) is 0 Å². The fourth-order valence-corrected chi connectivity index (χ4v) is 6.36. The standard InChI is InChI=1S/C40H60N2O8/c1-10-12-27-21-30(44)29(35-34(47)33(46)32(45)31(22-43)50-35)20-28(27)19-26-14-13-25(18-24(26)3)15-17-39(6,7)36(48)42-40(8,9)37(49)41-23-38(4,5)16-11-2/h13-15,17-18,20-21,31-35,43-47H,10-12,16,19,22-23H2,1-9H3,(H,41,49)(H,42,48). The largest absolute Gasteiger partial charge is 0.508 e. The summed E-state index contributed by atoms with van der Waals surface area (Å²) in [5, 5.41) is 57.9. The van der Waals surface area contributed by atoms with Gasteiger partial charge >= 0.3 is 0 Å². The Morgan fingerprint density at radius 1 is 0.880 bits per heavy atom. The highest BCUT2D eigenvalue weighted by atomic mass is 16.5. The van der Waals surface area contributed by atoms with E-state index in [4.69, 9.17) is 4.74 Å². The van der Waals surface area contributed by atoms with E-state index in [9.17, 15) is 35.1 Å². The molecule has 1 aliphatic heterocycles. The van der Waals surface area contributed by atoms with Crippen LogP contribution < -0.4 is 10.6 Å². The van der Waals surface area contributed by atoms with Crippen molar-refractivity contribution < 1.29 is 39.9 Å². The number of carbonyl (C=O) groups is 2. The second kappa shape index (κ2) is 16.8. The first-order valence-electron chi connectivity index (χ1n) is 17.8. The molecule has 1 fully saturated rings. The van der Waals surface area contributed by atoms with Gasteiger partial charge in [0.2, 0.25) is 11.8 Å². The van der Waals surface area contributed by atoms with Crippen molar-refractivity contribution in [2.24, 2.45) is 10.8 Å². The van der Waals surface area contributed by atoms with Crippen molar-refractivity contribution in [1.82, 2.24) is 10.6 Å². The molecule has 10 heteroatoms. The molecular weight excluding hydrogens is 636 g/mol. The molecule has 5 atom stereocenters. The second-order valence-corrected chi connectivity index (χ2v) is 15.8. The Hall–Kier alpha value is -3.28. The summed E-state index contributed by atoms with van der Waals surface area (Å²) in [6.45, 7) is 17.4. The number of ether oxygens (including phenoxy) is 1. The lowest BCUT2D eigenvalue weighted by Gasteiger charge is -2.40. The maximum absolute atomic E-state index is 13.4. The van der Waals surface area contributed by atoms with Crippen LogP contribution in [0.15, 0.2) is 36.4 Å². The van der Waals surface area contributed by atoms with Crippen molar-refractivity contribution in [1.29, 1.82) is 0 Å². The molecule has 50 heavy (non-hydrogen) atoms. The van der Waals surface area contributed by atoms with Gasteiger partial charge in [0.1, 0.15) is 41.8 Å². The number of carbonyl (C=O) groups excluding carboxylic acids is 2. The molecule has 1 heterocycles. The average molecular weight is 697 g/mol. The molecule has 0 bridgehead atoms. The number of aliphatic hydroxyl groups is 4. The minimum absolute atomic E-state index is 0.0287. The molecular formula is C40H60N2O8. The van der Waals surface area contributed by atoms with Crippen molar-refractivity contribution in [2.45, 2.75) is 130 Å². The number of benzene rings is 2. The van der Waals surface area contributed by atoms with Gasteiger partial charge in [-0.3, -0.25) is 9.59 Å². The summed E-state index contributed by atoms with van der Waals surface area (Å²) in [5.41, 5.74) is 3.08. The highest BCUT2D eigenvalue weighted by Crippen LogP contribution is 2.39. The molecule has 2 amide bonds. The summed E-state index contributed by atoms with van der Waals surface area (Å²) in [6, 6.07) is 9.46. The van der Waals surface area contributed by atoms with Gasteiger partial charge in [-0.1, -0.05) is 70.9 Å². The lowest BCUT2D eigenvalue weighted by Crippen LogP contribution is -2.58. The van der Waals surface area contributed by atoms with Crippen LogP contribution in [0.2, 0.25) is 0 Å². The first-order chi connectivity index (χ1) is 23.3. The molecule has 2 aromatic carbocycles. The molecule has 10 nitrogen and oxygen atoms in total. The maximum Gasteiger partial charge on any atom is 0.245 e. The van der Waals surface area contributed by atoms with E-state index in [0.717, 1.165) is 47.1 Å². The van der Waals surface area contributed by atoms with Gasteiger partial charge in [-0.2, -0.15) is 0 Å². The van der Waals surface area contributed by atoms with E-state index < -0.39 is 48.1 Å². The number of phenols is 1. The Morgan fingerprint density at radius 2 is 1.56 bits per heavy atom. The monoisotopic (exact) mass is 696 g/mol. The molecule has 0 aliphatic carbocycles. The predicted molar refractivity (Wildman–Crippen MR) is 196 cm³/mol. The van der Waals surface area contributed by atoms with Crippen LogP contribution in [-0.2, 0) is 27.2 Å². The van der Waals surface area contributed by atoms with Gasteiger partial charge in [0.05, 0.1) is 12.0 Å². The summed E-state index contributed by atoms with van der Waals surface area (Å²) < 4.78 is 5.76. The zero-order valence-electron chi connectivity index (χ0n) is 31.3. The maximum atomic E-state index is 13.4. The van der Waals surface area contributed by atoms with Crippen LogP contribution in [0.1, 0.15) is 114 Å². The van der Waals surface area contributed by atoms with E-state index in [1.807, 2.05) is 58.0 Å². The summed E-state index contributed by atoms with van der Waals surface area (Å²) in [4.78, 5) is 26.3. The van der Waals surface area contributed by atoms with E-state index in [2.05, 4.69) is 31.4 Å². The average Bonchev–Trinajstić information content (AvgIpc) is 3.04. The van der Waals surface area contributed by atoms with Gasteiger partial charge in [0.25, 0.3) is 0 Å². The normalized spacial score (nSPS) is 21.7. The summed E-state index contributed by atoms with van der Waals surface area (Å²) >= 11 is 0. The van der Waals surface area contributed by atoms with Gasteiger partial charge < -0.3 is 40.9 Å². The van der Waals surface area contributed by atoms with E-state index >= 15 is 0 Å². The molecule has 0 saturated carbocycles. The van der Waals surface area contributed by atoms with Gasteiger partial charge in [-0.25, -0.2) is 0 Å². The van der Waals surface area contributed by atoms with Gasteiger partial charge in [-0.05, 0) is 99.2 Å². The minimum Gasteiger partial charge on any atom is -0.508 e. The zero-order valence-corrected chi connectivity index (χ0v) is 31.3. The van der Waals surface area contributed by atoms with Crippen LogP contribution in [0.5, 0.6) is 5.75 Å². The van der Waals surface area contributed by atoms with Crippen molar-refractivity contribution in [3.63, 3.8) is 0 Å². The Labute approximate surface area is 298 Å². The molecule has 2 aromatic rings. The molecule has 0 aromatic heterocycles. The molecule has 1 saturated heterocycles. The number of amides is 2. The van der Waals surface area contributed by atoms with E-state index in [0.29, 0.717) is 19.4 Å². The van der Waals surface area contributed by atoms with Crippen molar-refractivity contribution in [3.05, 3.63) is 69.8 Å². The van der Waals surface area contributed by atoms with Gasteiger partial charge in [0, 0.05) is 12.1 Å². The minimum atomic E-state index is -1.55. The predicted octanol–water partition coefficient (Wildman–Crippen LogP) is 4.64. The van der Waals surface area contributed by atoms with Crippen molar-refractivity contribution in [3.8, 4) is 5.75 Å². The molecule has 7 N–H and O–H groups in total. The number of hydrogen-bond donors (Lipinski definition) is 7. The molecule has 0 spiro atoms. The third-order valence-corrected chi connectivity index (χ3v) is 9.74. The number of aliphatic hydroxyl groups excluding tert-OH is 4. The summed E-state index contributed by atoms with van der Waals surface area (Å²) in [7, 11) is 0. The summed E-state index contributed by atoms with van der Waals surface area (Å²) in [6.07, 6.45) is 1.04. The lowest BCUT2D eigenvalue weighted by atomic mass is 9.86. The van der Waals surface area contributed by atoms with Crippen molar-refractivity contribution in [2.75, 3.05) is 13.2 Å². The smallest absolute Gasteiger partial charge is 0.245 e. The Kier molecular flexibility index (Phi) is 13.8. The summed E-state index contributed by atoms with van der Waals surface area (Å²) in [5.74, 6) is -0.580. The first kappa shape index (κ1) is 41.1. The Balaban J connectivity index is 1.78. The highest BCUT2D eigenvalue weighted by molar-refractivity contribution is 5.93. The molecule has 3 rings (SSSR count). The second-order valence-electron chi connectivity index (χ2n) is 15.8. The number of aryl methyl sites for hydroxylation is 2. The van der Waals surface area contributed by atoms with Crippen LogP contribution in [0.4, 0.5) is 0 Å². The SMILES string of the molecule is CCCc1cc(O)c(C2OC(CO)C(O)C(O)C2O)cc1Cc1ccc(C=CC(C)(C)C(=O)NC(C)(C)C(=O)NCC(C)(C)CCC)cc1C. The highest BCUT2D eigenvalue weighted by Gasteiger charge is 2.45. The quantitative estimate of drug-likeness (QED) is 0.141. The van der Waals surface area contributed by atoms with Crippen LogP contribution in [0.25, 0.3) is 6.08 Å². The van der Waals surface area contributed by atoms with E-state index in [1.165, 1.54) is 0 Å². The third-order valence-electron chi connectivity index (χ3n) is 9.74. The molecule has 1 aliphatic rings. The van der Waals surface area contributed by atoms with Crippen molar-refractivity contribution >= 4 is 17.9 Å². The first-order valence-corrected chi connectivity index (χ1v) is 17.8. The topological polar surface area (TPSA) is 169 Å². The van der Waals surface area contributed by atoms with Crippen LogP contribution in [-0.4, -0.2) is 80.5 Å². The van der Waals surface area contributed by atoms with Crippen LogP contribution >= 0.6 is 0 Å². The number of phenolic OH excluding ortho intramolecular Hbond substituents is 1. The van der Waals surface area contributed by atoms with E-state index in [-0.39, 0.29) is 28.5 Å². The number of hydrogen-bond acceptors (Lipinski definition) is 8. The fourth-order valence-electron chi connectivity index (χ4n) is 6.36. The Morgan fingerprint density at radius 3 is 2.16 bits per heavy atom. The molecule has 278 valence electrons. The fraction of sp³-hybridized carbons (Fsp3) is 0.600. The molecule has 5 unspecified atom stereocenters. The number of nitrogens with one attached hydrogen (secondary N) is 2. The van der Waals surface area contributed by atoms with Gasteiger partial charge in [0.15, 0.2) is 0 Å². The van der Waals surface area contributed by atoms with E-state index in [1.54, 1.807) is 26.0 Å². The third kappa shape index (κ3) is 10.2. The molecule has 0 radical (unpaired) electrons. The Bertz CT molecular complexity index is 1510.